The van der Waals surface area contributed by atoms with E-state index >= 15 is 0 Å². The van der Waals surface area contributed by atoms with Gasteiger partial charge in [-0.25, -0.2) is 0 Å². The predicted molar refractivity (Wildman–Crippen MR) is 71.4 cm³/mol. The highest BCUT2D eigenvalue weighted by Crippen LogP contribution is 2.21. The average molecular weight is 257 g/mol. The Hall–Kier alpha value is -0.610. The van der Waals surface area contributed by atoms with Crippen LogP contribution in [0.2, 0.25) is 0 Å². The van der Waals surface area contributed by atoms with Crippen molar-refractivity contribution in [2.45, 2.75) is 64.0 Å². The van der Waals surface area contributed by atoms with E-state index < -0.39 is 6.10 Å². The fourth-order valence-corrected chi connectivity index (χ4v) is 2.66. The summed E-state index contributed by atoms with van der Waals surface area (Å²) in [5, 5.41) is 9.88. The van der Waals surface area contributed by atoms with Gasteiger partial charge in [0.05, 0.1) is 19.1 Å². The fourth-order valence-electron chi connectivity index (χ4n) is 2.66. The lowest BCUT2D eigenvalue weighted by molar-refractivity contribution is -0.145. The number of rotatable bonds is 6. The number of aliphatic hydroxyl groups excluding tert-OH is 1. The quantitative estimate of drug-likeness (QED) is 0.584. The number of likely N-dealkylation sites (N-methyl/N-ethyl adjacent to an activating group) is 1. The van der Waals surface area contributed by atoms with Gasteiger partial charge in [-0.05, 0) is 26.8 Å². The van der Waals surface area contributed by atoms with Gasteiger partial charge in [-0.2, -0.15) is 0 Å². The Morgan fingerprint density at radius 2 is 1.94 bits per heavy atom. The summed E-state index contributed by atoms with van der Waals surface area (Å²) in [5.41, 5.74) is 0. The Morgan fingerprint density at radius 1 is 1.33 bits per heavy atom. The van der Waals surface area contributed by atoms with Crippen LogP contribution in [0, 0.1) is 0 Å². The molecule has 0 radical (unpaired) electrons. The highest BCUT2D eigenvalue weighted by Gasteiger charge is 2.20. The standard InChI is InChI=1S/C14H27NO3/c1-3-18-14(17)10-13(16)11-15(2)12-8-6-4-5-7-9-12/h12-13,16H,3-11H2,1-2H3. The van der Waals surface area contributed by atoms with Crippen LogP contribution >= 0.6 is 0 Å². The molecule has 0 spiro atoms. The van der Waals surface area contributed by atoms with Crippen molar-refractivity contribution < 1.29 is 14.6 Å². The number of esters is 1. The molecule has 0 aromatic carbocycles. The van der Waals surface area contributed by atoms with Crippen molar-refractivity contribution >= 4 is 5.97 Å². The second-order valence-corrected chi connectivity index (χ2v) is 5.25. The maximum absolute atomic E-state index is 11.3. The zero-order valence-electron chi connectivity index (χ0n) is 11.7. The number of ether oxygens (including phenoxy) is 1. The Labute approximate surface area is 110 Å². The largest absolute Gasteiger partial charge is 0.466 e. The highest BCUT2D eigenvalue weighted by molar-refractivity contribution is 5.69. The Morgan fingerprint density at radius 3 is 2.50 bits per heavy atom. The molecule has 0 aromatic rings. The zero-order valence-corrected chi connectivity index (χ0v) is 11.7. The van der Waals surface area contributed by atoms with E-state index in [1.165, 1.54) is 38.5 Å². The molecule has 0 aliphatic heterocycles. The number of carbonyl (C=O) groups excluding carboxylic acids is 1. The van der Waals surface area contributed by atoms with E-state index in [2.05, 4.69) is 4.90 Å². The molecule has 1 N–H and O–H groups in total. The lowest BCUT2D eigenvalue weighted by atomic mass is 10.1. The first-order valence-electron chi connectivity index (χ1n) is 7.17. The molecule has 4 heteroatoms. The molecule has 0 aromatic heterocycles. The predicted octanol–water partition coefficient (Wildman–Crippen LogP) is 1.96. The van der Waals surface area contributed by atoms with Gasteiger partial charge in [0, 0.05) is 12.6 Å². The maximum Gasteiger partial charge on any atom is 0.308 e. The summed E-state index contributed by atoms with van der Waals surface area (Å²) in [7, 11) is 2.05. The molecule has 1 saturated carbocycles. The molecule has 1 atom stereocenters. The summed E-state index contributed by atoms with van der Waals surface area (Å²) in [4.78, 5) is 13.5. The zero-order chi connectivity index (χ0) is 13.4. The van der Waals surface area contributed by atoms with Crippen molar-refractivity contribution in [3.8, 4) is 0 Å². The van der Waals surface area contributed by atoms with Crippen LogP contribution in [-0.2, 0) is 9.53 Å². The summed E-state index contributed by atoms with van der Waals surface area (Å²) < 4.78 is 4.84. The van der Waals surface area contributed by atoms with Crippen LogP contribution in [0.15, 0.2) is 0 Å². The van der Waals surface area contributed by atoms with Gasteiger partial charge < -0.3 is 14.7 Å². The van der Waals surface area contributed by atoms with Crippen molar-refractivity contribution in [3.05, 3.63) is 0 Å². The molecule has 0 bridgehead atoms. The molecule has 1 fully saturated rings. The van der Waals surface area contributed by atoms with Crippen LogP contribution in [0.4, 0.5) is 0 Å². The Balaban J connectivity index is 2.28. The van der Waals surface area contributed by atoms with Gasteiger partial charge in [0.2, 0.25) is 0 Å². The molecule has 0 amide bonds. The molecule has 18 heavy (non-hydrogen) atoms. The van der Waals surface area contributed by atoms with E-state index in [-0.39, 0.29) is 12.4 Å². The minimum absolute atomic E-state index is 0.102. The van der Waals surface area contributed by atoms with Crippen molar-refractivity contribution in [2.75, 3.05) is 20.2 Å². The van der Waals surface area contributed by atoms with Crippen molar-refractivity contribution in [2.24, 2.45) is 0 Å². The molecular formula is C14H27NO3. The average Bonchev–Trinajstić information content (AvgIpc) is 2.57. The molecule has 1 rings (SSSR count). The van der Waals surface area contributed by atoms with Gasteiger partial charge in [-0.1, -0.05) is 25.7 Å². The van der Waals surface area contributed by atoms with E-state index in [4.69, 9.17) is 4.74 Å². The third-order valence-corrected chi connectivity index (χ3v) is 3.65. The first-order valence-corrected chi connectivity index (χ1v) is 7.17. The van der Waals surface area contributed by atoms with Crippen LogP contribution in [0.5, 0.6) is 0 Å². The molecule has 1 aliphatic rings. The van der Waals surface area contributed by atoms with Crippen LogP contribution < -0.4 is 0 Å². The van der Waals surface area contributed by atoms with E-state index in [0.29, 0.717) is 19.2 Å². The molecular weight excluding hydrogens is 230 g/mol. The van der Waals surface area contributed by atoms with Crippen LogP contribution in [0.3, 0.4) is 0 Å². The van der Waals surface area contributed by atoms with Gasteiger partial charge in [0.15, 0.2) is 0 Å². The van der Waals surface area contributed by atoms with Gasteiger partial charge in [-0.3, -0.25) is 4.79 Å². The van der Waals surface area contributed by atoms with E-state index in [1.807, 2.05) is 7.05 Å². The minimum atomic E-state index is -0.614. The maximum atomic E-state index is 11.3. The van der Waals surface area contributed by atoms with E-state index in [1.54, 1.807) is 6.92 Å². The normalized spacial score (nSPS) is 19.6. The number of nitrogens with zero attached hydrogens (tertiary/aromatic N) is 1. The van der Waals surface area contributed by atoms with E-state index in [9.17, 15) is 9.90 Å². The topological polar surface area (TPSA) is 49.8 Å². The summed E-state index contributed by atoms with van der Waals surface area (Å²) in [5.74, 6) is -0.306. The number of aliphatic hydroxyl groups is 1. The van der Waals surface area contributed by atoms with E-state index in [0.717, 1.165) is 0 Å². The van der Waals surface area contributed by atoms with Crippen molar-refractivity contribution in [1.29, 1.82) is 0 Å². The number of hydrogen-bond donors (Lipinski definition) is 1. The second-order valence-electron chi connectivity index (χ2n) is 5.25. The third kappa shape index (κ3) is 5.83. The molecule has 0 saturated heterocycles. The monoisotopic (exact) mass is 257 g/mol. The van der Waals surface area contributed by atoms with Crippen LogP contribution in [0.1, 0.15) is 51.9 Å². The van der Waals surface area contributed by atoms with Gasteiger partial charge in [0.1, 0.15) is 0 Å². The lowest BCUT2D eigenvalue weighted by Gasteiger charge is -2.28. The fraction of sp³-hybridized carbons (Fsp3) is 0.929. The van der Waals surface area contributed by atoms with Gasteiger partial charge >= 0.3 is 5.97 Å². The molecule has 4 nitrogen and oxygen atoms in total. The molecule has 106 valence electrons. The Bertz CT molecular complexity index is 237. The SMILES string of the molecule is CCOC(=O)CC(O)CN(C)C1CCCCCC1. The first kappa shape index (κ1) is 15.4. The lowest BCUT2D eigenvalue weighted by Crippen LogP contribution is -2.38. The molecule has 0 heterocycles. The second kappa shape index (κ2) is 8.48. The Kier molecular flexibility index (Phi) is 7.28. The molecule has 1 unspecified atom stereocenters. The molecule has 1 aliphatic carbocycles. The van der Waals surface area contributed by atoms with Crippen molar-refractivity contribution in [3.63, 3.8) is 0 Å². The van der Waals surface area contributed by atoms with Crippen LogP contribution in [0.25, 0.3) is 0 Å². The van der Waals surface area contributed by atoms with Gasteiger partial charge in [-0.15, -0.1) is 0 Å². The summed E-state index contributed by atoms with van der Waals surface area (Å²) in [6, 6.07) is 0.560. The summed E-state index contributed by atoms with van der Waals surface area (Å²) in [6.07, 6.45) is 7.13. The van der Waals surface area contributed by atoms with Crippen molar-refractivity contribution in [1.82, 2.24) is 4.90 Å². The smallest absolute Gasteiger partial charge is 0.308 e. The minimum Gasteiger partial charge on any atom is -0.466 e. The highest BCUT2D eigenvalue weighted by atomic mass is 16.5. The summed E-state index contributed by atoms with van der Waals surface area (Å²) in [6.45, 7) is 2.72. The number of carbonyl (C=O) groups is 1. The number of hydrogen-bond acceptors (Lipinski definition) is 4. The third-order valence-electron chi connectivity index (χ3n) is 3.65. The summed E-state index contributed by atoms with van der Waals surface area (Å²) >= 11 is 0. The first-order chi connectivity index (χ1) is 8.63. The van der Waals surface area contributed by atoms with Crippen LogP contribution in [-0.4, -0.2) is 48.3 Å². The van der Waals surface area contributed by atoms with Gasteiger partial charge in [0.25, 0.3) is 0 Å².